The van der Waals surface area contributed by atoms with E-state index >= 15 is 0 Å². The van der Waals surface area contributed by atoms with Crippen molar-refractivity contribution >= 4 is 0 Å². The Labute approximate surface area is 142 Å². The van der Waals surface area contributed by atoms with Gasteiger partial charge in [0.15, 0.2) is 11.5 Å². The number of ether oxygens (including phenoxy) is 3. The quantitative estimate of drug-likeness (QED) is 0.762. The Balaban J connectivity index is 2.42. The smallest absolute Gasteiger partial charge is 0.203 e. The summed E-state index contributed by atoms with van der Waals surface area (Å²) < 4.78 is 29.3. The van der Waals surface area contributed by atoms with Gasteiger partial charge in [0, 0.05) is 17.0 Å². The van der Waals surface area contributed by atoms with Gasteiger partial charge in [-0.25, -0.2) is 4.39 Å². The topological polar surface area (TPSA) is 27.7 Å². The van der Waals surface area contributed by atoms with Crippen LogP contribution >= 0.6 is 0 Å². The predicted octanol–water partition coefficient (Wildman–Crippen LogP) is 4.40. The average molecular weight is 328 g/mol. The summed E-state index contributed by atoms with van der Waals surface area (Å²) in [6.07, 6.45) is 0.806. The molecule has 2 aromatic carbocycles. The lowest BCUT2D eigenvalue weighted by molar-refractivity contribution is 0.321. The van der Waals surface area contributed by atoms with E-state index < -0.39 is 0 Å². The van der Waals surface area contributed by atoms with Gasteiger partial charge in [-0.2, -0.15) is 0 Å². The van der Waals surface area contributed by atoms with Crippen LogP contribution in [0.1, 0.15) is 30.4 Å². The van der Waals surface area contributed by atoms with Crippen LogP contribution < -0.4 is 14.2 Å². The standard InChI is InChI=1S/C20H21FO3/c1-5-15(9-6-14-7-10-16(21)11-8-14)17-12-13-18(22-2)20(24-4)19(17)23-3/h7-8,10-13,15H,5H2,1-4H3. The summed E-state index contributed by atoms with van der Waals surface area (Å²) in [6, 6.07) is 9.93. The number of hydrogen-bond donors (Lipinski definition) is 0. The molecule has 126 valence electrons. The van der Waals surface area contributed by atoms with Gasteiger partial charge < -0.3 is 14.2 Å². The molecule has 0 aliphatic rings. The summed E-state index contributed by atoms with van der Waals surface area (Å²) >= 11 is 0. The van der Waals surface area contributed by atoms with Crippen LogP contribution in [0.25, 0.3) is 0 Å². The van der Waals surface area contributed by atoms with Gasteiger partial charge in [0.25, 0.3) is 0 Å². The molecule has 0 bridgehead atoms. The normalized spacial score (nSPS) is 11.2. The minimum atomic E-state index is -0.269. The van der Waals surface area contributed by atoms with Crippen molar-refractivity contribution < 1.29 is 18.6 Å². The molecule has 1 atom stereocenters. The van der Waals surface area contributed by atoms with Crippen LogP contribution in [-0.4, -0.2) is 21.3 Å². The molecule has 2 aromatic rings. The molecule has 0 saturated carbocycles. The number of methoxy groups -OCH3 is 3. The highest BCUT2D eigenvalue weighted by Gasteiger charge is 2.20. The van der Waals surface area contributed by atoms with Gasteiger partial charge in [-0.1, -0.05) is 24.8 Å². The van der Waals surface area contributed by atoms with Crippen molar-refractivity contribution in [2.24, 2.45) is 0 Å². The van der Waals surface area contributed by atoms with Crippen molar-refractivity contribution in [1.29, 1.82) is 0 Å². The first kappa shape index (κ1) is 17.7. The maximum absolute atomic E-state index is 13.0. The molecule has 0 amide bonds. The Morgan fingerprint density at radius 2 is 1.58 bits per heavy atom. The van der Waals surface area contributed by atoms with Gasteiger partial charge in [-0.05, 0) is 36.8 Å². The third-order valence-corrected chi connectivity index (χ3v) is 3.75. The summed E-state index contributed by atoms with van der Waals surface area (Å²) in [5, 5.41) is 0. The molecule has 0 aromatic heterocycles. The summed E-state index contributed by atoms with van der Waals surface area (Å²) in [7, 11) is 4.76. The molecule has 0 saturated heterocycles. The summed E-state index contributed by atoms with van der Waals surface area (Å²) in [4.78, 5) is 0. The average Bonchev–Trinajstić information content (AvgIpc) is 2.62. The van der Waals surface area contributed by atoms with Gasteiger partial charge in [0.2, 0.25) is 5.75 Å². The molecule has 0 fully saturated rings. The number of rotatable bonds is 5. The van der Waals surface area contributed by atoms with Crippen molar-refractivity contribution in [2.75, 3.05) is 21.3 Å². The van der Waals surface area contributed by atoms with E-state index in [1.54, 1.807) is 33.5 Å². The molecule has 0 N–H and O–H groups in total. The first-order valence-electron chi connectivity index (χ1n) is 7.70. The van der Waals surface area contributed by atoms with Crippen molar-refractivity contribution in [3.05, 3.63) is 53.3 Å². The molecule has 4 heteroatoms. The van der Waals surface area contributed by atoms with Gasteiger partial charge in [0.1, 0.15) is 5.82 Å². The summed E-state index contributed by atoms with van der Waals surface area (Å²) in [5.41, 5.74) is 1.71. The van der Waals surface area contributed by atoms with Crippen molar-refractivity contribution in [3.8, 4) is 29.1 Å². The molecule has 0 radical (unpaired) electrons. The third kappa shape index (κ3) is 3.80. The van der Waals surface area contributed by atoms with Crippen LogP contribution in [-0.2, 0) is 0 Å². The summed E-state index contributed by atoms with van der Waals surface area (Å²) in [6.45, 7) is 2.06. The lowest BCUT2D eigenvalue weighted by Crippen LogP contribution is -2.02. The SMILES string of the molecule is CCC(C#Cc1ccc(F)cc1)c1ccc(OC)c(OC)c1OC. The molecule has 2 rings (SSSR count). The highest BCUT2D eigenvalue weighted by Crippen LogP contribution is 2.43. The molecule has 24 heavy (non-hydrogen) atoms. The predicted molar refractivity (Wildman–Crippen MR) is 92.4 cm³/mol. The Bertz CT molecular complexity index is 742. The minimum absolute atomic E-state index is 0.0372. The van der Waals surface area contributed by atoms with Crippen LogP contribution in [0.5, 0.6) is 17.2 Å². The summed E-state index contributed by atoms with van der Waals surface area (Å²) in [5.74, 6) is 7.81. The minimum Gasteiger partial charge on any atom is -0.493 e. The number of benzene rings is 2. The zero-order chi connectivity index (χ0) is 17.5. The third-order valence-electron chi connectivity index (χ3n) is 3.75. The lowest BCUT2D eigenvalue weighted by atomic mass is 9.95. The zero-order valence-corrected chi connectivity index (χ0v) is 14.4. The highest BCUT2D eigenvalue weighted by atomic mass is 19.1. The fourth-order valence-electron chi connectivity index (χ4n) is 2.50. The second kappa shape index (κ2) is 8.26. The van der Waals surface area contributed by atoms with E-state index in [9.17, 15) is 4.39 Å². The van der Waals surface area contributed by atoms with E-state index in [1.807, 2.05) is 12.1 Å². The zero-order valence-electron chi connectivity index (χ0n) is 14.4. The second-order valence-electron chi connectivity index (χ2n) is 5.16. The molecule has 0 spiro atoms. The van der Waals surface area contributed by atoms with Crippen LogP contribution in [0.4, 0.5) is 4.39 Å². The Morgan fingerprint density at radius 3 is 2.12 bits per heavy atom. The monoisotopic (exact) mass is 328 g/mol. The Hall–Kier alpha value is -2.67. The fourth-order valence-corrected chi connectivity index (χ4v) is 2.50. The maximum Gasteiger partial charge on any atom is 0.203 e. The molecule has 0 heterocycles. The van der Waals surface area contributed by atoms with Crippen LogP contribution in [0.15, 0.2) is 36.4 Å². The van der Waals surface area contributed by atoms with Crippen molar-refractivity contribution in [1.82, 2.24) is 0 Å². The first-order valence-corrected chi connectivity index (χ1v) is 7.70. The van der Waals surface area contributed by atoms with Crippen molar-refractivity contribution in [3.63, 3.8) is 0 Å². The van der Waals surface area contributed by atoms with Crippen LogP contribution in [0.3, 0.4) is 0 Å². The van der Waals surface area contributed by atoms with Crippen LogP contribution in [0.2, 0.25) is 0 Å². The van der Waals surface area contributed by atoms with Gasteiger partial charge in [0.05, 0.1) is 21.3 Å². The van der Waals surface area contributed by atoms with E-state index in [-0.39, 0.29) is 11.7 Å². The van der Waals surface area contributed by atoms with E-state index in [0.29, 0.717) is 17.2 Å². The van der Waals surface area contributed by atoms with Gasteiger partial charge in [-0.15, -0.1) is 0 Å². The molecule has 0 aliphatic carbocycles. The highest BCUT2D eigenvalue weighted by molar-refractivity contribution is 5.58. The first-order chi connectivity index (χ1) is 11.6. The molecule has 1 unspecified atom stereocenters. The Morgan fingerprint density at radius 1 is 0.917 bits per heavy atom. The molecular weight excluding hydrogens is 307 g/mol. The van der Waals surface area contributed by atoms with E-state index in [2.05, 4.69) is 18.8 Å². The van der Waals surface area contributed by atoms with Crippen LogP contribution in [0, 0.1) is 17.7 Å². The number of hydrogen-bond acceptors (Lipinski definition) is 3. The Kier molecular flexibility index (Phi) is 6.08. The van der Waals surface area contributed by atoms with E-state index in [1.165, 1.54) is 12.1 Å². The second-order valence-corrected chi connectivity index (χ2v) is 5.16. The van der Waals surface area contributed by atoms with E-state index in [0.717, 1.165) is 17.5 Å². The van der Waals surface area contributed by atoms with Gasteiger partial charge in [-0.3, -0.25) is 0 Å². The fraction of sp³-hybridized carbons (Fsp3) is 0.300. The van der Waals surface area contributed by atoms with E-state index in [4.69, 9.17) is 14.2 Å². The lowest BCUT2D eigenvalue weighted by Gasteiger charge is -2.18. The largest absolute Gasteiger partial charge is 0.493 e. The molecule has 3 nitrogen and oxygen atoms in total. The van der Waals surface area contributed by atoms with Crippen molar-refractivity contribution in [2.45, 2.75) is 19.3 Å². The molecule has 0 aliphatic heterocycles. The molecular formula is C20H21FO3. The van der Waals surface area contributed by atoms with Gasteiger partial charge >= 0.3 is 0 Å². The number of halogens is 1. The maximum atomic E-state index is 13.0.